The second-order valence-electron chi connectivity index (χ2n) is 3.12. The van der Waals surface area contributed by atoms with E-state index in [0.29, 0.717) is 0 Å². The molecule has 1 aromatic rings. The van der Waals surface area contributed by atoms with Crippen molar-refractivity contribution in [1.29, 1.82) is 0 Å². The summed E-state index contributed by atoms with van der Waals surface area (Å²) in [6.45, 7) is 0. The molecule has 11 heteroatoms. The lowest BCUT2D eigenvalue weighted by molar-refractivity contribution is -0.296. The van der Waals surface area contributed by atoms with Gasteiger partial charge in [0.15, 0.2) is 5.75 Å². The van der Waals surface area contributed by atoms with E-state index in [2.05, 4.69) is 25.7 Å². The molecule has 0 amide bonds. The Morgan fingerprint density at radius 1 is 1.00 bits per heavy atom. The van der Waals surface area contributed by atoms with Gasteiger partial charge < -0.3 is 4.74 Å². The van der Waals surface area contributed by atoms with Gasteiger partial charge in [-0.25, -0.2) is 4.98 Å². The molecule has 0 bridgehead atoms. The third kappa shape index (κ3) is 3.67. The van der Waals surface area contributed by atoms with Crippen molar-refractivity contribution < 1.29 is 39.9 Å². The fourth-order valence-corrected chi connectivity index (χ4v) is 1.35. The molecule has 1 aromatic heterocycles. The number of hydrogen-bond acceptors (Lipinski definition) is 2. The Hall–Kier alpha value is -1.13. The van der Waals surface area contributed by atoms with Crippen LogP contribution in [0.25, 0.3) is 0 Å². The first-order valence-corrected chi connectivity index (χ1v) is 5.00. The van der Waals surface area contributed by atoms with Crippen LogP contribution in [0.2, 0.25) is 0 Å². The van der Waals surface area contributed by atoms with Crippen molar-refractivity contribution in [2.45, 2.75) is 18.5 Å². The van der Waals surface area contributed by atoms with Crippen LogP contribution in [0.3, 0.4) is 0 Å². The lowest BCUT2D eigenvalue weighted by Gasteiger charge is -2.22. The molecule has 0 aliphatic rings. The molecule has 0 atom stereocenters. The summed E-state index contributed by atoms with van der Waals surface area (Å²) in [5, 5.41) is 0. The number of alkyl halides is 8. The zero-order valence-electron chi connectivity index (χ0n) is 8.41. The third-order valence-electron chi connectivity index (χ3n) is 1.75. The molecule has 0 fully saturated rings. The van der Waals surface area contributed by atoms with E-state index in [0.717, 1.165) is 0 Å². The number of hydrogen-bond donors (Lipinski definition) is 0. The Morgan fingerprint density at radius 3 is 1.95 bits per heavy atom. The Labute approximate surface area is 108 Å². The highest BCUT2D eigenvalue weighted by molar-refractivity contribution is 9.10. The summed E-state index contributed by atoms with van der Waals surface area (Å²) in [5.74, 6) is -7.24. The molecule has 1 rings (SSSR count). The Kier molecular flexibility index (Phi) is 3.99. The molecule has 19 heavy (non-hydrogen) atoms. The van der Waals surface area contributed by atoms with Crippen molar-refractivity contribution in [1.82, 2.24) is 4.98 Å². The maximum atomic E-state index is 13.1. The summed E-state index contributed by atoms with van der Waals surface area (Å²) < 4.78 is 101. The average Bonchev–Trinajstić information content (AvgIpc) is 2.16. The Balaban J connectivity index is 3.37. The average molecular weight is 360 g/mol. The fraction of sp³-hybridized carbons (Fsp3) is 0.375. The molecular weight excluding hydrogens is 358 g/mol. The highest BCUT2D eigenvalue weighted by Gasteiger charge is 2.60. The molecule has 0 aliphatic heterocycles. The molecule has 0 saturated heterocycles. The van der Waals surface area contributed by atoms with Crippen LogP contribution in [0, 0.1) is 0 Å². The number of rotatable bonds is 2. The van der Waals surface area contributed by atoms with Gasteiger partial charge in [-0.15, -0.1) is 13.2 Å². The van der Waals surface area contributed by atoms with E-state index in [1.807, 2.05) is 0 Å². The number of nitrogens with zero attached hydrogens (tertiary/aromatic N) is 1. The molecule has 0 radical (unpaired) electrons. The van der Waals surface area contributed by atoms with Crippen molar-refractivity contribution in [3.63, 3.8) is 0 Å². The minimum Gasteiger partial charge on any atom is -0.404 e. The van der Waals surface area contributed by atoms with Crippen LogP contribution in [-0.2, 0) is 5.92 Å². The van der Waals surface area contributed by atoms with Gasteiger partial charge in [0.05, 0.1) is 11.8 Å². The first-order chi connectivity index (χ1) is 8.34. The SMILES string of the molecule is FC(F)(F)Oc1cnc(Br)cc1C(F)(F)C(F)(F)F. The van der Waals surface area contributed by atoms with E-state index < -0.39 is 34.4 Å². The molecule has 0 N–H and O–H groups in total. The molecule has 0 unspecified atom stereocenters. The zero-order chi connectivity index (χ0) is 15.1. The van der Waals surface area contributed by atoms with E-state index in [9.17, 15) is 35.1 Å². The van der Waals surface area contributed by atoms with Gasteiger partial charge in [0.1, 0.15) is 4.60 Å². The molecule has 1 heterocycles. The summed E-state index contributed by atoms with van der Waals surface area (Å²) in [6.07, 6.45) is -11.4. The van der Waals surface area contributed by atoms with Crippen molar-refractivity contribution in [3.8, 4) is 5.75 Å². The van der Waals surface area contributed by atoms with Crippen LogP contribution in [0.5, 0.6) is 5.75 Å². The summed E-state index contributed by atoms with van der Waals surface area (Å²) in [6, 6.07) is 0.106. The van der Waals surface area contributed by atoms with Gasteiger partial charge in [0.25, 0.3) is 0 Å². The number of aromatic nitrogens is 1. The van der Waals surface area contributed by atoms with Gasteiger partial charge in [0.2, 0.25) is 0 Å². The van der Waals surface area contributed by atoms with E-state index >= 15 is 0 Å². The van der Waals surface area contributed by atoms with Gasteiger partial charge in [-0.05, 0) is 22.0 Å². The molecule has 2 nitrogen and oxygen atoms in total. The maximum Gasteiger partial charge on any atom is 0.573 e. The van der Waals surface area contributed by atoms with Crippen LogP contribution < -0.4 is 4.74 Å². The van der Waals surface area contributed by atoms with E-state index in [1.54, 1.807) is 0 Å². The van der Waals surface area contributed by atoms with Crippen LogP contribution in [0.4, 0.5) is 35.1 Å². The van der Waals surface area contributed by atoms with E-state index in [1.165, 1.54) is 0 Å². The lowest BCUT2D eigenvalue weighted by atomic mass is 10.1. The van der Waals surface area contributed by atoms with E-state index in [4.69, 9.17) is 0 Å². The second-order valence-corrected chi connectivity index (χ2v) is 3.94. The smallest absolute Gasteiger partial charge is 0.404 e. The number of pyridine rings is 1. The maximum absolute atomic E-state index is 13.1. The van der Waals surface area contributed by atoms with Crippen molar-refractivity contribution >= 4 is 15.9 Å². The highest BCUT2D eigenvalue weighted by Crippen LogP contribution is 2.48. The van der Waals surface area contributed by atoms with Gasteiger partial charge in [-0.3, -0.25) is 0 Å². The Morgan fingerprint density at radius 2 is 1.53 bits per heavy atom. The highest BCUT2D eigenvalue weighted by atomic mass is 79.9. The molecular formula is C8H2BrF8NO. The first kappa shape index (κ1) is 15.9. The topological polar surface area (TPSA) is 22.1 Å². The minimum atomic E-state index is -6.07. The first-order valence-electron chi connectivity index (χ1n) is 4.21. The third-order valence-corrected chi connectivity index (χ3v) is 2.19. The standard InChI is InChI=1S/C8H2BrF8NO/c9-5-1-3(6(10,11)7(12,13)14)4(2-18-5)19-8(15,16)17/h1-2H. The summed E-state index contributed by atoms with van der Waals surface area (Å²) in [5.41, 5.74) is -1.99. The van der Waals surface area contributed by atoms with Gasteiger partial charge in [-0.1, -0.05) is 0 Å². The van der Waals surface area contributed by atoms with Gasteiger partial charge in [0, 0.05) is 0 Å². The quantitative estimate of drug-likeness (QED) is 0.576. The second kappa shape index (κ2) is 4.76. The Bertz CT molecular complexity index is 469. The molecule has 108 valence electrons. The molecule has 0 aromatic carbocycles. The molecule has 0 spiro atoms. The van der Waals surface area contributed by atoms with Crippen LogP contribution in [-0.4, -0.2) is 17.5 Å². The summed E-state index contributed by atoms with van der Waals surface area (Å²) >= 11 is 2.49. The normalized spacial score (nSPS) is 13.5. The summed E-state index contributed by atoms with van der Waals surface area (Å²) in [7, 11) is 0. The minimum absolute atomic E-state index is 0.106. The van der Waals surface area contributed by atoms with Crippen molar-refractivity contribution in [3.05, 3.63) is 22.4 Å². The summed E-state index contributed by atoms with van der Waals surface area (Å²) in [4.78, 5) is 3.11. The van der Waals surface area contributed by atoms with Crippen LogP contribution in [0.1, 0.15) is 5.56 Å². The van der Waals surface area contributed by atoms with Crippen LogP contribution >= 0.6 is 15.9 Å². The monoisotopic (exact) mass is 359 g/mol. The van der Waals surface area contributed by atoms with Gasteiger partial charge in [-0.2, -0.15) is 22.0 Å². The van der Waals surface area contributed by atoms with Gasteiger partial charge >= 0.3 is 18.5 Å². The van der Waals surface area contributed by atoms with E-state index in [-0.39, 0.29) is 12.3 Å². The molecule has 0 saturated carbocycles. The molecule has 0 aliphatic carbocycles. The predicted molar refractivity (Wildman–Crippen MR) is 48.6 cm³/mol. The zero-order valence-corrected chi connectivity index (χ0v) is 10.00. The fourth-order valence-electron chi connectivity index (χ4n) is 1.02. The van der Waals surface area contributed by atoms with Crippen LogP contribution in [0.15, 0.2) is 16.9 Å². The predicted octanol–water partition coefficient (Wildman–Crippen LogP) is 4.40. The number of halogens is 9. The number of ether oxygens (including phenoxy) is 1. The lowest BCUT2D eigenvalue weighted by Crippen LogP contribution is -2.35. The largest absolute Gasteiger partial charge is 0.573 e. The van der Waals surface area contributed by atoms with Crippen molar-refractivity contribution in [2.24, 2.45) is 0 Å². The van der Waals surface area contributed by atoms with Crippen molar-refractivity contribution in [2.75, 3.05) is 0 Å².